The number of methoxy groups -OCH3 is 1. The number of rotatable bonds is 3. The van der Waals surface area contributed by atoms with Crippen molar-refractivity contribution >= 4 is 6.21 Å². The third-order valence-electron chi connectivity index (χ3n) is 4.71. The molecule has 152 valence electrons. The topological polar surface area (TPSA) is 104 Å². The van der Waals surface area contributed by atoms with Gasteiger partial charge in [-0.3, -0.25) is 4.99 Å². The van der Waals surface area contributed by atoms with Crippen LogP contribution in [0.2, 0.25) is 0 Å². The van der Waals surface area contributed by atoms with Gasteiger partial charge in [-0.15, -0.1) is 0 Å². The van der Waals surface area contributed by atoms with Crippen molar-refractivity contribution < 1.29 is 29.5 Å². The number of ether oxygens (including phenoxy) is 3. The van der Waals surface area contributed by atoms with Crippen LogP contribution in [0.25, 0.3) is 0 Å². The Labute approximate surface area is 156 Å². The van der Waals surface area contributed by atoms with Gasteiger partial charge in [-0.05, 0) is 0 Å². The van der Waals surface area contributed by atoms with Crippen molar-refractivity contribution in [2.75, 3.05) is 33.9 Å². The molecule has 0 aromatic heterocycles. The average molecular weight is 374 g/mol. The highest BCUT2D eigenvalue weighted by Crippen LogP contribution is 2.46. The van der Waals surface area contributed by atoms with Crippen LogP contribution in [0.5, 0.6) is 0 Å². The number of hydrogen-bond donors (Lipinski definition) is 3. The summed E-state index contributed by atoms with van der Waals surface area (Å²) in [6.45, 7) is 8.47. The minimum Gasteiger partial charge on any atom is -0.481 e. The third kappa shape index (κ3) is 4.55. The second-order valence-electron chi connectivity index (χ2n) is 6.68. The molecule has 0 amide bonds. The summed E-state index contributed by atoms with van der Waals surface area (Å²) >= 11 is 0. The van der Waals surface area contributed by atoms with Crippen LogP contribution in [-0.4, -0.2) is 83.9 Å². The number of aliphatic hydroxyl groups is 3. The van der Waals surface area contributed by atoms with Gasteiger partial charge in [0.15, 0.2) is 5.79 Å². The van der Waals surface area contributed by atoms with Crippen molar-refractivity contribution in [2.24, 2.45) is 10.9 Å². The van der Waals surface area contributed by atoms with E-state index >= 15 is 0 Å². The van der Waals surface area contributed by atoms with Crippen molar-refractivity contribution in [3.63, 3.8) is 0 Å². The molecule has 3 rings (SSSR count). The molecule has 3 heterocycles. The smallest absolute Gasteiger partial charge is 0.208 e. The molecule has 0 radical (unpaired) electrons. The van der Waals surface area contributed by atoms with E-state index in [1.54, 1.807) is 13.3 Å². The van der Waals surface area contributed by atoms with Crippen LogP contribution in [0.15, 0.2) is 17.1 Å². The molecule has 2 saturated heterocycles. The molecule has 3 N–H and O–H groups in total. The van der Waals surface area contributed by atoms with E-state index in [0.717, 1.165) is 12.4 Å². The summed E-state index contributed by atoms with van der Waals surface area (Å²) in [6.07, 6.45) is 1.78. The van der Waals surface area contributed by atoms with E-state index in [1.165, 1.54) is 0 Å². The summed E-state index contributed by atoms with van der Waals surface area (Å²) in [5, 5.41) is 28.8. The predicted octanol–water partition coefficient (Wildman–Crippen LogP) is 0.716. The first-order valence-corrected chi connectivity index (χ1v) is 9.08. The highest BCUT2D eigenvalue weighted by atomic mass is 16.8. The first-order valence-electron chi connectivity index (χ1n) is 9.08. The average Bonchev–Trinajstić information content (AvgIpc) is 3.00. The van der Waals surface area contributed by atoms with E-state index in [4.69, 9.17) is 14.2 Å². The van der Waals surface area contributed by atoms with Gasteiger partial charge < -0.3 is 34.4 Å². The lowest BCUT2D eigenvalue weighted by Gasteiger charge is -2.44. The maximum absolute atomic E-state index is 9.80. The summed E-state index contributed by atoms with van der Waals surface area (Å²) in [6, 6.07) is 0. The molecule has 8 nitrogen and oxygen atoms in total. The molecule has 4 unspecified atom stereocenters. The molecule has 0 aliphatic carbocycles. The third-order valence-corrected chi connectivity index (χ3v) is 4.71. The van der Waals surface area contributed by atoms with Gasteiger partial charge >= 0.3 is 0 Å². The van der Waals surface area contributed by atoms with Gasteiger partial charge in [-0.2, -0.15) is 0 Å². The fraction of sp³-hybridized carbons (Fsp3) is 0.833. The van der Waals surface area contributed by atoms with Crippen molar-refractivity contribution in [1.29, 1.82) is 0 Å². The number of aliphatic imine (C=N–C) groups is 1. The number of hydrogen-bond acceptors (Lipinski definition) is 8. The normalized spacial score (nSPS) is 35.2. The minimum absolute atomic E-state index is 0.0630. The molecule has 0 spiro atoms. The predicted molar refractivity (Wildman–Crippen MR) is 98.6 cm³/mol. The first-order chi connectivity index (χ1) is 12.3. The largest absolute Gasteiger partial charge is 0.481 e. The number of fused-ring (bicyclic) bond motifs is 2. The molecule has 0 aromatic carbocycles. The Morgan fingerprint density at radius 1 is 1.38 bits per heavy atom. The zero-order valence-corrected chi connectivity index (χ0v) is 16.7. The molecule has 0 saturated carbocycles. The van der Waals surface area contributed by atoms with Gasteiger partial charge in [0.25, 0.3) is 0 Å². The summed E-state index contributed by atoms with van der Waals surface area (Å²) in [5.41, 5.74) is -1.15. The first kappa shape index (κ1) is 22.9. The monoisotopic (exact) mass is 374 g/mol. The quantitative estimate of drug-likeness (QED) is 0.668. The van der Waals surface area contributed by atoms with Crippen molar-refractivity contribution in [3.8, 4) is 0 Å². The van der Waals surface area contributed by atoms with E-state index in [-0.39, 0.29) is 25.6 Å². The lowest BCUT2D eigenvalue weighted by Crippen LogP contribution is -2.60. The van der Waals surface area contributed by atoms with Gasteiger partial charge in [0, 0.05) is 25.6 Å². The maximum Gasteiger partial charge on any atom is 0.208 e. The van der Waals surface area contributed by atoms with Crippen molar-refractivity contribution in [1.82, 2.24) is 4.90 Å². The molecule has 26 heavy (non-hydrogen) atoms. The molecular weight excluding hydrogens is 340 g/mol. The maximum atomic E-state index is 9.80. The number of aliphatic hydroxyl groups excluding tert-OH is 3. The van der Waals surface area contributed by atoms with Gasteiger partial charge in [-0.25, -0.2) is 0 Å². The Morgan fingerprint density at radius 3 is 2.50 bits per heavy atom. The Bertz CT molecular complexity index is 494. The molecule has 8 heteroatoms. The SMILES string of the molecule is CC.CC(C)C12CC(O)C(O)C(CO)(CO1)O2.COC1=CN=CCN1C. The lowest BCUT2D eigenvalue weighted by molar-refractivity contribution is -0.290. The van der Waals surface area contributed by atoms with Crippen LogP contribution >= 0.6 is 0 Å². The van der Waals surface area contributed by atoms with E-state index < -0.39 is 23.6 Å². The fourth-order valence-corrected chi connectivity index (χ4v) is 3.02. The second kappa shape index (κ2) is 9.66. The molecule has 3 aliphatic heterocycles. The van der Waals surface area contributed by atoms with Gasteiger partial charge in [0.1, 0.15) is 11.7 Å². The van der Waals surface area contributed by atoms with E-state index in [1.807, 2.05) is 45.9 Å². The summed E-state index contributed by atoms with van der Waals surface area (Å²) in [7, 11) is 3.60. The van der Waals surface area contributed by atoms with Crippen LogP contribution in [0.3, 0.4) is 0 Å². The minimum atomic E-state index is -1.15. The Balaban J connectivity index is 0.000000263. The van der Waals surface area contributed by atoms with Crippen LogP contribution in [0.1, 0.15) is 34.1 Å². The van der Waals surface area contributed by atoms with E-state index in [9.17, 15) is 15.3 Å². The van der Waals surface area contributed by atoms with Crippen molar-refractivity contribution in [3.05, 3.63) is 12.1 Å². The van der Waals surface area contributed by atoms with Gasteiger partial charge in [-0.1, -0.05) is 27.7 Å². The highest BCUT2D eigenvalue weighted by molar-refractivity contribution is 5.62. The Hall–Kier alpha value is -1.19. The van der Waals surface area contributed by atoms with E-state index in [0.29, 0.717) is 0 Å². The fourth-order valence-electron chi connectivity index (χ4n) is 3.02. The second-order valence-corrected chi connectivity index (χ2v) is 6.68. The molecule has 2 bridgehead atoms. The van der Waals surface area contributed by atoms with Gasteiger partial charge in [0.05, 0.1) is 39.2 Å². The van der Waals surface area contributed by atoms with Crippen LogP contribution < -0.4 is 0 Å². The summed E-state index contributed by atoms with van der Waals surface area (Å²) in [5.74, 6) is 0.0204. The standard InChI is InChI=1S/C10H18O5.C6H10N2O.C2H6/c1-6(2)10-3-7(12)8(13)9(4-11,15-10)5-14-10;1-8-4-3-7-5-6(8)9-2;1-2/h6-8,11-13H,3-5H2,1-2H3;3,5H,4H2,1-2H3;1-2H3. The Kier molecular flexibility index (Phi) is 8.49. The van der Waals surface area contributed by atoms with Crippen LogP contribution in [-0.2, 0) is 14.2 Å². The molecule has 2 fully saturated rings. The zero-order chi connectivity index (χ0) is 20.0. The van der Waals surface area contributed by atoms with Crippen LogP contribution in [0.4, 0.5) is 0 Å². The van der Waals surface area contributed by atoms with Crippen molar-refractivity contribution in [2.45, 2.75) is 57.7 Å². The van der Waals surface area contributed by atoms with E-state index in [2.05, 4.69) is 4.99 Å². The highest BCUT2D eigenvalue weighted by Gasteiger charge is 2.62. The molecular formula is C18H34N2O6. The molecule has 4 atom stereocenters. The number of nitrogens with zero attached hydrogens (tertiary/aromatic N) is 2. The molecule has 0 aromatic rings. The van der Waals surface area contributed by atoms with Gasteiger partial charge in [0.2, 0.25) is 5.88 Å². The summed E-state index contributed by atoms with van der Waals surface area (Å²) in [4.78, 5) is 5.91. The van der Waals surface area contributed by atoms with Crippen LogP contribution in [0, 0.1) is 5.92 Å². The molecule has 3 aliphatic rings. The lowest BCUT2D eigenvalue weighted by atomic mass is 9.85. The summed E-state index contributed by atoms with van der Waals surface area (Å²) < 4.78 is 16.2. The zero-order valence-electron chi connectivity index (χ0n) is 16.7. The Morgan fingerprint density at radius 2 is 2.04 bits per heavy atom.